The first-order valence-corrected chi connectivity index (χ1v) is 10.7. The van der Waals surface area contributed by atoms with Crippen LogP contribution in [0.25, 0.3) is 11.0 Å². The van der Waals surface area contributed by atoms with Gasteiger partial charge in [-0.15, -0.1) is 0 Å². The number of hydrogen-bond acceptors (Lipinski definition) is 4. The van der Waals surface area contributed by atoms with Crippen LogP contribution < -0.4 is 9.64 Å². The molecule has 6 heteroatoms. The number of fused-ring (bicyclic) bond motifs is 1. The maximum Gasteiger partial charge on any atom is 0.226 e. The van der Waals surface area contributed by atoms with Crippen LogP contribution in [0.5, 0.6) is 5.75 Å². The number of aryl methyl sites for hydroxylation is 1. The number of benzene rings is 2. The molecule has 0 bridgehead atoms. The number of hydrogen-bond donors (Lipinski definition) is 1. The summed E-state index contributed by atoms with van der Waals surface area (Å²) in [6, 6.07) is 14.2. The zero-order valence-electron chi connectivity index (χ0n) is 17.9. The zero-order chi connectivity index (χ0) is 20.9. The number of aromatic amines is 1. The Hall–Kier alpha value is -3.02. The molecule has 4 rings (SSSR count). The van der Waals surface area contributed by atoms with Crippen LogP contribution in [0, 0.1) is 0 Å². The van der Waals surface area contributed by atoms with Gasteiger partial charge >= 0.3 is 0 Å². The maximum atomic E-state index is 12.4. The first kappa shape index (κ1) is 20.3. The lowest BCUT2D eigenvalue weighted by Gasteiger charge is -2.14. The minimum Gasteiger partial charge on any atom is -0.494 e. The number of aromatic nitrogens is 2. The summed E-state index contributed by atoms with van der Waals surface area (Å²) in [7, 11) is 4.04. The van der Waals surface area contributed by atoms with Gasteiger partial charge in [-0.05, 0) is 49.1 Å². The van der Waals surface area contributed by atoms with Gasteiger partial charge in [0.1, 0.15) is 11.6 Å². The fourth-order valence-corrected chi connectivity index (χ4v) is 3.87. The minimum absolute atomic E-state index is 0.224. The van der Waals surface area contributed by atoms with Crippen molar-refractivity contribution in [3.05, 3.63) is 53.9 Å². The molecule has 1 saturated heterocycles. The SMILES string of the molecule is CN(C)c1cccc(OCCCc2nc3ccc(CC(=O)N4CCCC4)cc3[nH]2)c1. The van der Waals surface area contributed by atoms with Gasteiger partial charge in [0.05, 0.1) is 24.1 Å². The zero-order valence-corrected chi connectivity index (χ0v) is 17.9. The van der Waals surface area contributed by atoms with E-state index in [4.69, 9.17) is 4.74 Å². The molecule has 0 spiro atoms. The normalized spacial score (nSPS) is 13.7. The van der Waals surface area contributed by atoms with Gasteiger partial charge in [0.25, 0.3) is 0 Å². The van der Waals surface area contributed by atoms with E-state index < -0.39 is 0 Å². The second-order valence-electron chi connectivity index (χ2n) is 8.14. The number of anilines is 1. The van der Waals surface area contributed by atoms with E-state index in [1.54, 1.807) is 0 Å². The van der Waals surface area contributed by atoms with Crippen LogP contribution in [-0.2, 0) is 17.6 Å². The Kier molecular flexibility index (Phi) is 6.21. The molecule has 0 unspecified atom stereocenters. The van der Waals surface area contributed by atoms with Gasteiger partial charge in [-0.25, -0.2) is 4.98 Å². The molecule has 0 aliphatic carbocycles. The maximum absolute atomic E-state index is 12.4. The van der Waals surface area contributed by atoms with Crippen LogP contribution >= 0.6 is 0 Å². The molecule has 158 valence electrons. The van der Waals surface area contributed by atoms with E-state index in [0.717, 1.165) is 72.6 Å². The van der Waals surface area contributed by atoms with Crippen LogP contribution in [0.1, 0.15) is 30.7 Å². The Morgan fingerprint density at radius 1 is 1.17 bits per heavy atom. The molecule has 1 aromatic heterocycles. The van der Waals surface area contributed by atoms with Gasteiger partial charge in [-0.2, -0.15) is 0 Å². The molecule has 0 radical (unpaired) electrons. The summed E-state index contributed by atoms with van der Waals surface area (Å²) in [4.78, 5) is 24.5. The van der Waals surface area contributed by atoms with Crippen LogP contribution in [-0.4, -0.2) is 54.6 Å². The lowest BCUT2D eigenvalue weighted by Crippen LogP contribution is -2.29. The van der Waals surface area contributed by atoms with E-state index in [9.17, 15) is 4.79 Å². The lowest BCUT2D eigenvalue weighted by molar-refractivity contribution is -0.129. The second-order valence-corrected chi connectivity index (χ2v) is 8.14. The number of H-pyrrole nitrogens is 1. The van der Waals surface area contributed by atoms with Crippen molar-refractivity contribution in [3.8, 4) is 5.75 Å². The third-order valence-electron chi connectivity index (χ3n) is 5.57. The fraction of sp³-hybridized carbons (Fsp3) is 0.417. The Morgan fingerprint density at radius 3 is 2.80 bits per heavy atom. The van der Waals surface area contributed by atoms with E-state index >= 15 is 0 Å². The van der Waals surface area contributed by atoms with Gasteiger partial charge in [0.15, 0.2) is 0 Å². The van der Waals surface area contributed by atoms with E-state index in [-0.39, 0.29) is 5.91 Å². The van der Waals surface area contributed by atoms with Gasteiger partial charge in [-0.3, -0.25) is 4.79 Å². The summed E-state index contributed by atoms with van der Waals surface area (Å²) in [6.45, 7) is 2.44. The molecule has 1 aliphatic heterocycles. The topological polar surface area (TPSA) is 61.5 Å². The molecule has 6 nitrogen and oxygen atoms in total. The highest BCUT2D eigenvalue weighted by Gasteiger charge is 2.18. The van der Waals surface area contributed by atoms with Crippen molar-refractivity contribution in [1.29, 1.82) is 0 Å². The molecule has 1 fully saturated rings. The second kappa shape index (κ2) is 9.20. The van der Waals surface area contributed by atoms with Crippen LogP contribution in [0.4, 0.5) is 5.69 Å². The summed E-state index contributed by atoms with van der Waals surface area (Å²) in [5, 5.41) is 0. The average molecular weight is 407 g/mol. The lowest BCUT2D eigenvalue weighted by atomic mass is 10.1. The van der Waals surface area contributed by atoms with Gasteiger partial charge in [0, 0.05) is 45.4 Å². The van der Waals surface area contributed by atoms with Gasteiger partial charge in [0.2, 0.25) is 5.91 Å². The summed E-state index contributed by atoms with van der Waals surface area (Å²) < 4.78 is 5.89. The third-order valence-corrected chi connectivity index (χ3v) is 5.57. The number of rotatable bonds is 8. The summed E-state index contributed by atoms with van der Waals surface area (Å²) >= 11 is 0. The fourth-order valence-electron chi connectivity index (χ4n) is 3.87. The van der Waals surface area contributed by atoms with Crippen molar-refractivity contribution < 1.29 is 9.53 Å². The molecule has 1 aliphatic rings. The largest absolute Gasteiger partial charge is 0.494 e. The Balaban J connectivity index is 1.30. The van der Waals surface area contributed by atoms with Crippen molar-refractivity contribution in [2.24, 2.45) is 0 Å². The quantitative estimate of drug-likeness (QED) is 0.578. The monoisotopic (exact) mass is 406 g/mol. The molecule has 30 heavy (non-hydrogen) atoms. The van der Waals surface area contributed by atoms with Crippen molar-refractivity contribution in [1.82, 2.24) is 14.9 Å². The molecule has 2 heterocycles. The van der Waals surface area contributed by atoms with Crippen molar-refractivity contribution in [2.45, 2.75) is 32.1 Å². The van der Waals surface area contributed by atoms with Crippen molar-refractivity contribution in [2.75, 3.05) is 38.7 Å². The van der Waals surface area contributed by atoms with Crippen LogP contribution in [0.3, 0.4) is 0 Å². The Bertz CT molecular complexity index is 1010. The van der Waals surface area contributed by atoms with E-state index in [0.29, 0.717) is 13.0 Å². The van der Waals surface area contributed by atoms with E-state index in [1.165, 1.54) is 0 Å². The smallest absolute Gasteiger partial charge is 0.226 e. The minimum atomic E-state index is 0.224. The summed E-state index contributed by atoms with van der Waals surface area (Å²) in [5.74, 6) is 2.07. The van der Waals surface area contributed by atoms with Gasteiger partial charge in [-0.1, -0.05) is 12.1 Å². The molecule has 0 saturated carbocycles. The highest BCUT2D eigenvalue weighted by atomic mass is 16.5. The summed E-state index contributed by atoms with van der Waals surface area (Å²) in [6.07, 6.45) is 4.42. The van der Waals surface area contributed by atoms with Crippen molar-refractivity contribution >= 4 is 22.6 Å². The number of imidazole rings is 1. The standard InChI is InChI=1S/C24H30N4O2/c1-27(2)19-7-5-8-20(17-19)30-14-6-9-23-25-21-11-10-18(15-22(21)26-23)16-24(29)28-12-3-4-13-28/h5,7-8,10-11,15,17H,3-4,6,9,12-14,16H2,1-2H3,(H,25,26). The number of nitrogens with zero attached hydrogens (tertiary/aromatic N) is 3. The molecular weight excluding hydrogens is 376 g/mol. The average Bonchev–Trinajstić information content (AvgIpc) is 3.41. The molecule has 2 aromatic carbocycles. The van der Waals surface area contributed by atoms with E-state index in [2.05, 4.69) is 27.0 Å². The number of amides is 1. The number of likely N-dealkylation sites (tertiary alicyclic amines) is 1. The predicted octanol–water partition coefficient (Wildman–Crippen LogP) is 3.81. The third kappa shape index (κ3) is 4.93. The Morgan fingerprint density at radius 2 is 2.00 bits per heavy atom. The number of carbonyl (C=O) groups excluding carboxylic acids is 1. The van der Waals surface area contributed by atoms with Gasteiger partial charge < -0.3 is 19.5 Å². The predicted molar refractivity (Wildman–Crippen MR) is 120 cm³/mol. The number of ether oxygens (including phenoxy) is 1. The molecule has 3 aromatic rings. The van der Waals surface area contributed by atoms with E-state index in [1.807, 2.05) is 49.3 Å². The molecule has 1 N–H and O–H groups in total. The number of nitrogens with one attached hydrogen (secondary N) is 1. The van der Waals surface area contributed by atoms with Crippen LogP contribution in [0.2, 0.25) is 0 Å². The first-order chi connectivity index (χ1) is 14.6. The first-order valence-electron chi connectivity index (χ1n) is 10.7. The Labute approximate surface area is 177 Å². The highest BCUT2D eigenvalue weighted by molar-refractivity contribution is 5.82. The molecule has 0 atom stereocenters. The molecular formula is C24H30N4O2. The summed E-state index contributed by atoms with van der Waals surface area (Å²) in [5.41, 5.74) is 4.11. The number of carbonyl (C=O) groups is 1. The van der Waals surface area contributed by atoms with Crippen LogP contribution in [0.15, 0.2) is 42.5 Å². The molecule has 1 amide bonds. The highest BCUT2D eigenvalue weighted by Crippen LogP contribution is 2.20. The van der Waals surface area contributed by atoms with Crippen molar-refractivity contribution in [3.63, 3.8) is 0 Å².